The number of carbonyl (C=O) groups excluding carboxylic acids is 2. The summed E-state index contributed by atoms with van der Waals surface area (Å²) in [6.07, 6.45) is 5.07. The molecule has 2 fully saturated rings. The molecule has 3 heterocycles. The molecule has 0 unspecified atom stereocenters. The van der Waals surface area contributed by atoms with Crippen LogP contribution in [0.15, 0.2) is 17.6 Å². The van der Waals surface area contributed by atoms with Crippen molar-refractivity contribution >= 4 is 34.4 Å². The Hall–Kier alpha value is -2.25. The molecular weight excluding hydrogens is 523 g/mol. The number of hydrogen-bond acceptors (Lipinski definition) is 9. The molecule has 2 amide bonds. The van der Waals surface area contributed by atoms with E-state index in [0.717, 1.165) is 19.3 Å². The Morgan fingerprint density at radius 2 is 1.67 bits per heavy atom. The number of piperidine rings is 1. The van der Waals surface area contributed by atoms with Gasteiger partial charge in [-0.3, -0.25) is 4.79 Å². The quantitative estimate of drug-likeness (QED) is 0.372. The topological polar surface area (TPSA) is 137 Å². The number of sulfone groups is 1. The van der Waals surface area contributed by atoms with Crippen molar-refractivity contribution in [1.29, 1.82) is 0 Å². The standard InChI is InChI=1S/C26H43BN4O7S/c1-18(30-23(33)36-24(2,3)4)21(32)31-13-11-19(12-14-31)10-9-15-39(34,35)22-28-16-20(17-29-22)27-37-25(5,6)26(7,8)38-27/h16-19H,9-15H2,1-8H3,(H,30,33)/t18-/m0/s1. The molecule has 1 aromatic rings. The largest absolute Gasteiger partial charge is 0.498 e. The SMILES string of the molecule is C[C@H](NC(=O)OC(C)(C)C)C(=O)N1CCC(CCCS(=O)(=O)c2ncc(B3OC(C)(C)C(C)(C)O3)cn2)CC1. The van der Waals surface area contributed by atoms with Gasteiger partial charge in [-0.2, -0.15) is 0 Å². The Kier molecular flexibility index (Phi) is 9.39. The predicted molar refractivity (Wildman–Crippen MR) is 147 cm³/mol. The molecule has 0 aliphatic carbocycles. The van der Waals surface area contributed by atoms with Crippen molar-refractivity contribution in [1.82, 2.24) is 20.2 Å². The summed E-state index contributed by atoms with van der Waals surface area (Å²) in [5.41, 5.74) is -1.09. The maximum absolute atomic E-state index is 12.8. The van der Waals surface area contributed by atoms with Crippen LogP contribution in [0.1, 0.15) is 81.1 Å². The van der Waals surface area contributed by atoms with Gasteiger partial charge in [0.1, 0.15) is 11.6 Å². The van der Waals surface area contributed by atoms with E-state index in [1.807, 2.05) is 27.7 Å². The van der Waals surface area contributed by atoms with Gasteiger partial charge in [-0.05, 0) is 87.0 Å². The molecule has 0 spiro atoms. The zero-order chi connectivity index (χ0) is 29.2. The molecule has 1 atom stereocenters. The summed E-state index contributed by atoms with van der Waals surface area (Å²) in [5.74, 6) is 0.131. The third-order valence-electron chi connectivity index (χ3n) is 7.51. The molecule has 3 rings (SSSR count). The van der Waals surface area contributed by atoms with Gasteiger partial charge in [-0.25, -0.2) is 23.2 Å². The van der Waals surface area contributed by atoms with Gasteiger partial charge in [0, 0.05) is 30.9 Å². The first-order chi connectivity index (χ1) is 17.9. The highest BCUT2D eigenvalue weighted by atomic mass is 32.2. The van der Waals surface area contributed by atoms with Gasteiger partial charge in [0.05, 0.1) is 17.0 Å². The third kappa shape index (κ3) is 8.14. The van der Waals surface area contributed by atoms with Crippen molar-refractivity contribution in [3.05, 3.63) is 12.4 Å². The molecule has 1 N–H and O–H groups in total. The minimum atomic E-state index is -3.63. The predicted octanol–water partition coefficient (Wildman–Crippen LogP) is 2.48. The van der Waals surface area contributed by atoms with Gasteiger partial charge >= 0.3 is 13.2 Å². The fourth-order valence-corrected chi connectivity index (χ4v) is 5.66. The molecule has 2 aliphatic heterocycles. The molecule has 13 heteroatoms. The fraction of sp³-hybridized carbons (Fsp3) is 0.769. The second-order valence-electron chi connectivity index (χ2n) is 12.5. The first-order valence-electron chi connectivity index (χ1n) is 13.6. The molecule has 39 heavy (non-hydrogen) atoms. The summed E-state index contributed by atoms with van der Waals surface area (Å²) in [6.45, 7) is 15.9. The molecule has 0 aromatic carbocycles. The molecule has 2 aliphatic rings. The minimum absolute atomic E-state index is 0.0428. The molecule has 2 saturated heterocycles. The molecular formula is C26H43BN4O7S. The molecule has 1 aromatic heterocycles. The van der Waals surface area contributed by atoms with E-state index in [1.165, 1.54) is 12.4 Å². The summed E-state index contributed by atoms with van der Waals surface area (Å²) in [7, 11) is -4.28. The number of rotatable bonds is 8. The lowest BCUT2D eigenvalue weighted by Gasteiger charge is -2.34. The van der Waals surface area contributed by atoms with E-state index >= 15 is 0 Å². The van der Waals surface area contributed by atoms with Gasteiger partial charge in [-0.1, -0.05) is 0 Å². The van der Waals surface area contributed by atoms with E-state index in [1.54, 1.807) is 32.6 Å². The molecule has 0 saturated carbocycles. The second kappa shape index (κ2) is 11.7. The highest BCUT2D eigenvalue weighted by Gasteiger charge is 2.52. The Bertz CT molecular complexity index is 1110. The Morgan fingerprint density at radius 1 is 1.13 bits per heavy atom. The summed E-state index contributed by atoms with van der Waals surface area (Å²) >= 11 is 0. The monoisotopic (exact) mass is 566 g/mol. The zero-order valence-electron chi connectivity index (χ0n) is 24.4. The number of alkyl carbamates (subject to hydrolysis) is 1. The van der Waals surface area contributed by atoms with Crippen LogP contribution in [0.2, 0.25) is 0 Å². The fourth-order valence-electron chi connectivity index (χ4n) is 4.50. The minimum Gasteiger partial charge on any atom is -0.444 e. The van der Waals surface area contributed by atoms with E-state index in [9.17, 15) is 18.0 Å². The average Bonchev–Trinajstić information content (AvgIpc) is 3.04. The number of aromatic nitrogens is 2. The number of amides is 2. The Morgan fingerprint density at radius 3 is 2.18 bits per heavy atom. The molecule has 0 bridgehead atoms. The number of hydrogen-bond donors (Lipinski definition) is 1. The van der Waals surface area contributed by atoms with Crippen LogP contribution >= 0.6 is 0 Å². The molecule has 11 nitrogen and oxygen atoms in total. The van der Waals surface area contributed by atoms with Crippen LogP contribution < -0.4 is 10.8 Å². The van der Waals surface area contributed by atoms with Crippen molar-refractivity contribution in [2.24, 2.45) is 5.92 Å². The van der Waals surface area contributed by atoms with Gasteiger partial charge in [0.25, 0.3) is 0 Å². The second-order valence-corrected chi connectivity index (χ2v) is 14.5. The summed E-state index contributed by atoms with van der Waals surface area (Å²) in [4.78, 5) is 34.6. The van der Waals surface area contributed by atoms with E-state index in [-0.39, 0.29) is 16.8 Å². The van der Waals surface area contributed by atoms with E-state index in [2.05, 4.69) is 15.3 Å². The van der Waals surface area contributed by atoms with Gasteiger partial charge in [0.2, 0.25) is 20.9 Å². The van der Waals surface area contributed by atoms with Gasteiger partial charge < -0.3 is 24.3 Å². The van der Waals surface area contributed by atoms with Crippen LogP contribution in [-0.2, 0) is 28.7 Å². The van der Waals surface area contributed by atoms with Crippen molar-refractivity contribution in [3.63, 3.8) is 0 Å². The van der Waals surface area contributed by atoms with E-state index in [0.29, 0.717) is 30.9 Å². The third-order valence-corrected chi connectivity index (χ3v) is 9.10. The van der Waals surface area contributed by atoms with Crippen molar-refractivity contribution < 1.29 is 32.1 Å². The zero-order valence-corrected chi connectivity index (χ0v) is 25.3. The first kappa shape index (κ1) is 31.3. The molecule has 0 radical (unpaired) electrons. The first-order valence-corrected chi connectivity index (χ1v) is 15.2. The van der Waals surface area contributed by atoms with E-state index in [4.69, 9.17) is 14.0 Å². The summed E-state index contributed by atoms with van der Waals surface area (Å²) in [6, 6.07) is -0.683. The average molecular weight is 567 g/mol. The number of nitrogens with one attached hydrogen (secondary N) is 1. The highest BCUT2D eigenvalue weighted by molar-refractivity contribution is 7.91. The van der Waals surface area contributed by atoms with Crippen LogP contribution in [0.4, 0.5) is 4.79 Å². The van der Waals surface area contributed by atoms with E-state index < -0.39 is 45.9 Å². The Labute approximate surface area is 232 Å². The number of carbonyl (C=O) groups is 2. The maximum atomic E-state index is 12.8. The smallest absolute Gasteiger partial charge is 0.444 e. The summed E-state index contributed by atoms with van der Waals surface area (Å²) < 4.78 is 42.8. The van der Waals surface area contributed by atoms with Gasteiger partial charge in [0.15, 0.2) is 0 Å². The lowest BCUT2D eigenvalue weighted by molar-refractivity contribution is -0.134. The maximum Gasteiger partial charge on any atom is 0.498 e. The van der Waals surface area contributed by atoms with Crippen LogP contribution in [-0.4, -0.2) is 84.1 Å². The highest BCUT2D eigenvalue weighted by Crippen LogP contribution is 2.36. The van der Waals surface area contributed by atoms with Crippen molar-refractivity contribution in [2.45, 2.75) is 109 Å². The van der Waals surface area contributed by atoms with Gasteiger partial charge in [-0.15, -0.1) is 0 Å². The molecule has 218 valence electrons. The van der Waals surface area contributed by atoms with Crippen LogP contribution in [0.3, 0.4) is 0 Å². The lowest BCUT2D eigenvalue weighted by atomic mass is 9.81. The normalized spacial score (nSPS) is 20.5. The van der Waals surface area contributed by atoms with Crippen LogP contribution in [0.5, 0.6) is 0 Å². The van der Waals surface area contributed by atoms with Crippen LogP contribution in [0, 0.1) is 5.92 Å². The number of nitrogens with zero attached hydrogens (tertiary/aromatic N) is 3. The number of ether oxygens (including phenoxy) is 1. The number of likely N-dealkylation sites (tertiary alicyclic amines) is 1. The van der Waals surface area contributed by atoms with Crippen LogP contribution in [0.25, 0.3) is 0 Å². The Balaban J connectivity index is 1.43. The van der Waals surface area contributed by atoms with Crippen molar-refractivity contribution in [2.75, 3.05) is 18.8 Å². The summed E-state index contributed by atoms with van der Waals surface area (Å²) in [5, 5.41) is 2.39. The lowest BCUT2D eigenvalue weighted by Crippen LogP contribution is -2.50. The van der Waals surface area contributed by atoms with Crippen molar-refractivity contribution in [3.8, 4) is 0 Å².